The number of amides is 1. The lowest BCUT2D eigenvalue weighted by molar-refractivity contribution is -0.114. The van der Waals surface area contributed by atoms with Crippen LogP contribution in [0.4, 0.5) is 11.4 Å². The molecule has 1 amide bonds. The van der Waals surface area contributed by atoms with Gasteiger partial charge in [0.25, 0.3) is 0 Å². The van der Waals surface area contributed by atoms with Crippen LogP contribution in [0.25, 0.3) is 0 Å². The summed E-state index contributed by atoms with van der Waals surface area (Å²) in [6.45, 7) is -0.0618. The van der Waals surface area contributed by atoms with E-state index in [1.165, 1.54) is 12.1 Å². The van der Waals surface area contributed by atoms with Gasteiger partial charge in [0.15, 0.2) is 0 Å². The Balaban J connectivity index is 2.69. The second-order valence-electron chi connectivity index (χ2n) is 2.39. The Labute approximate surface area is 74.9 Å². The predicted molar refractivity (Wildman–Crippen MR) is 49.6 cm³/mol. The lowest BCUT2D eigenvalue weighted by Crippen LogP contribution is -2.21. The van der Waals surface area contributed by atoms with Crippen molar-refractivity contribution in [3.8, 4) is 0 Å². The van der Waals surface area contributed by atoms with Gasteiger partial charge in [0.1, 0.15) is 5.69 Å². The van der Waals surface area contributed by atoms with Crippen LogP contribution in [-0.2, 0) is 4.79 Å². The topological polar surface area (TPSA) is 84.6 Å². The first kappa shape index (κ1) is 9.34. The summed E-state index contributed by atoms with van der Waals surface area (Å²) in [4.78, 5) is 20.9. The van der Waals surface area contributed by atoms with Crippen molar-refractivity contribution in [3.63, 3.8) is 0 Å². The SMILES string of the molecule is NCC(=O)Nc1ccc(N=O)cc1. The molecule has 0 spiro atoms. The lowest BCUT2D eigenvalue weighted by atomic mass is 10.3. The molecule has 0 aromatic heterocycles. The number of carbonyl (C=O) groups is 1. The van der Waals surface area contributed by atoms with Gasteiger partial charge in [-0.1, -0.05) is 0 Å². The van der Waals surface area contributed by atoms with E-state index >= 15 is 0 Å². The van der Waals surface area contributed by atoms with Gasteiger partial charge in [-0.15, -0.1) is 4.91 Å². The number of carbonyl (C=O) groups excluding carboxylic acids is 1. The maximum Gasteiger partial charge on any atom is 0.238 e. The molecule has 0 aliphatic carbocycles. The quantitative estimate of drug-likeness (QED) is 0.678. The molecule has 0 aliphatic heterocycles. The first-order valence-electron chi connectivity index (χ1n) is 3.69. The molecule has 1 rings (SSSR count). The van der Waals surface area contributed by atoms with Crippen LogP contribution >= 0.6 is 0 Å². The monoisotopic (exact) mass is 179 g/mol. The molecule has 0 fully saturated rings. The molecule has 0 aliphatic rings. The van der Waals surface area contributed by atoms with Crippen LogP contribution in [-0.4, -0.2) is 12.5 Å². The number of anilines is 1. The Morgan fingerprint density at radius 2 is 2.00 bits per heavy atom. The van der Waals surface area contributed by atoms with E-state index in [4.69, 9.17) is 5.73 Å². The Bertz CT molecular complexity index is 308. The Morgan fingerprint density at radius 1 is 1.38 bits per heavy atom. The van der Waals surface area contributed by atoms with Crippen molar-refractivity contribution >= 4 is 17.3 Å². The van der Waals surface area contributed by atoms with Crippen LogP contribution in [0.1, 0.15) is 0 Å². The lowest BCUT2D eigenvalue weighted by Gasteiger charge is -2.01. The van der Waals surface area contributed by atoms with Gasteiger partial charge in [0, 0.05) is 5.69 Å². The number of hydrogen-bond acceptors (Lipinski definition) is 4. The minimum atomic E-state index is -0.271. The highest BCUT2D eigenvalue weighted by atomic mass is 16.3. The summed E-state index contributed by atoms with van der Waals surface area (Å²) in [6, 6.07) is 6.20. The molecule has 1 aromatic rings. The Morgan fingerprint density at radius 3 is 2.46 bits per heavy atom. The van der Waals surface area contributed by atoms with Crippen molar-refractivity contribution in [2.24, 2.45) is 10.9 Å². The minimum absolute atomic E-state index is 0.0618. The second-order valence-corrected chi connectivity index (χ2v) is 2.39. The third-order valence-electron chi connectivity index (χ3n) is 1.44. The fraction of sp³-hybridized carbons (Fsp3) is 0.125. The van der Waals surface area contributed by atoms with E-state index in [0.717, 1.165) is 0 Å². The van der Waals surface area contributed by atoms with Crippen LogP contribution in [0.2, 0.25) is 0 Å². The molecule has 5 heteroatoms. The highest BCUT2D eigenvalue weighted by molar-refractivity contribution is 5.92. The molecule has 1 aromatic carbocycles. The average Bonchev–Trinajstić information content (AvgIpc) is 2.19. The van der Waals surface area contributed by atoms with E-state index < -0.39 is 0 Å². The molecule has 3 N–H and O–H groups in total. The third-order valence-corrected chi connectivity index (χ3v) is 1.44. The van der Waals surface area contributed by atoms with Crippen molar-refractivity contribution in [3.05, 3.63) is 29.2 Å². The molecule has 0 radical (unpaired) electrons. The second kappa shape index (κ2) is 4.32. The van der Waals surface area contributed by atoms with E-state index in [-0.39, 0.29) is 12.5 Å². The van der Waals surface area contributed by atoms with Crippen molar-refractivity contribution in [2.75, 3.05) is 11.9 Å². The van der Waals surface area contributed by atoms with Crippen molar-refractivity contribution in [1.82, 2.24) is 0 Å². The molecule has 0 saturated heterocycles. The zero-order valence-corrected chi connectivity index (χ0v) is 6.86. The molecular weight excluding hydrogens is 170 g/mol. The van der Waals surface area contributed by atoms with Gasteiger partial charge in [-0.05, 0) is 29.4 Å². The summed E-state index contributed by atoms with van der Waals surface area (Å²) in [5, 5.41) is 5.26. The molecule has 13 heavy (non-hydrogen) atoms. The van der Waals surface area contributed by atoms with E-state index in [0.29, 0.717) is 11.4 Å². The number of benzene rings is 1. The van der Waals surface area contributed by atoms with Gasteiger partial charge in [-0.2, -0.15) is 0 Å². The first-order valence-corrected chi connectivity index (χ1v) is 3.69. The number of nitrogens with zero attached hydrogens (tertiary/aromatic N) is 1. The van der Waals surface area contributed by atoms with Crippen LogP contribution in [0.3, 0.4) is 0 Å². The minimum Gasteiger partial charge on any atom is -0.325 e. The summed E-state index contributed by atoms with van der Waals surface area (Å²) < 4.78 is 0. The summed E-state index contributed by atoms with van der Waals surface area (Å²) in [7, 11) is 0. The summed E-state index contributed by atoms with van der Waals surface area (Å²) in [5.74, 6) is -0.271. The molecular formula is C8H9N3O2. The smallest absolute Gasteiger partial charge is 0.238 e. The van der Waals surface area contributed by atoms with Crippen molar-refractivity contribution in [2.45, 2.75) is 0 Å². The maximum atomic E-state index is 10.8. The highest BCUT2D eigenvalue weighted by Crippen LogP contribution is 2.15. The zero-order chi connectivity index (χ0) is 9.68. The summed E-state index contributed by atoms with van der Waals surface area (Å²) in [5.41, 5.74) is 6.02. The highest BCUT2D eigenvalue weighted by Gasteiger charge is 1.98. The molecule has 0 bridgehead atoms. The number of nitroso groups, excluding NO2 is 1. The molecule has 5 nitrogen and oxygen atoms in total. The summed E-state index contributed by atoms with van der Waals surface area (Å²) in [6.07, 6.45) is 0. The number of hydrogen-bond donors (Lipinski definition) is 2. The standard InChI is InChI=1S/C8H9N3O2/c9-5-8(12)10-6-1-3-7(11-13)4-2-6/h1-4H,5,9H2,(H,10,12). The fourth-order valence-corrected chi connectivity index (χ4v) is 0.818. The number of nitrogens with two attached hydrogens (primary N) is 1. The van der Waals surface area contributed by atoms with Crippen LogP contribution in [0, 0.1) is 4.91 Å². The molecule has 0 atom stereocenters. The Kier molecular flexibility index (Phi) is 3.10. The predicted octanol–water partition coefficient (Wildman–Crippen LogP) is 0.982. The van der Waals surface area contributed by atoms with E-state index in [1.54, 1.807) is 12.1 Å². The van der Waals surface area contributed by atoms with Gasteiger partial charge in [-0.25, -0.2) is 0 Å². The summed E-state index contributed by atoms with van der Waals surface area (Å²) >= 11 is 0. The zero-order valence-electron chi connectivity index (χ0n) is 6.86. The van der Waals surface area contributed by atoms with Crippen LogP contribution in [0.5, 0.6) is 0 Å². The number of rotatable bonds is 3. The van der Waals surface area contributed by atoms with Crippen molar-refractivity contribution < 1.29 is 4.79 Å². The van der Waals surface area contributed by atoms with Gasteiger partial charge >= 0.3 is 0 Å². The van der Waals surface area contributed by atoms with E-state index in [2.05, 4.69) is 10.5 Å². The van der Waals surface area contributed by atoms with Crippen molar-refractivity contribution in [1.29, 1.82) is 0 Å². The number of nitrogens with one attached hydrogen (secondary N) is 1. The Hall–Kier alpha value is -1.75. The van der Waals surface area contributed by atoms with Gasteiger partial charge < -0.3 is 11.1 Å². The first-order chi connectivity index (χ1) is 6.26. The van der Waals surface area contributed by atoms with Crippen LogP contribution in [0.15, 0.2) is 29.4 Å². The maximum absolute atomic E-state index is 10.8. The fourth-order valence-electron chi connectivity index (χ4n) is 0.818. The average molecular weight is 179 g/mol. The van der Waals surface area contributed by atoms with E-state index in [1.807, 2.05) is 0 Å². The van der Waals surface area contributed by atoms with Gasteiger partial charge in [0.05, 0.1) is 6.54 Å². The largest absolute Gasteiger partial charge is 0.325 e. The molecule has 0 saturated carbocycles. The molecule has 0 heterocycles. The van der Waals surface area contributed by atoms with Gasteiger partial charge in [0.2, 0.25) is 5.91 Å². The molecule has 0 unspecified atom stereocenters. The van der Waals surface area contributed by atoms with Crippen LogP contribution < -0.4 is 11.1 Å². The van der Waals surface area contributed by atoms with E-state index in [9.17, 15) is 9.70 Å². The normalized spacial score (nSPS) is 9.31. The molecule has 68 valence electrons. The third kappa shape index (κ3) is 2.64. The van der Waals surface area contributed by atoms with Gasteiger partial charge in [-0.3, -0.25) is 4.79 Å².